The van der Waals surface area contributed by atoms with Crippen molar-refractivity contribution >= 4 is 12.0 Å². The zero-order valence-electron chi connectivity index (χ0n) is 28.0. The van der Waals surface area contributed by atoms with Gasteiger partial charge in [0, 0.05) is 11.5 Å². The second-order valence-electron chi connectivity index (χ2n) is 16.2. The normalized spacial score (nSPS) is 36.4. The predicted molar refractivity (Wildman–Crippen MR) is 177 cm³/mol. The first-order valence-electron chi connectivity index (χ1n) is 17.1. The van der Waals surface area contributed by atoms with Crippen LogP contribution in [0, 0.1) is 45.3 Å². The zero-order chi connectivity index (χ0) is 30.5. The Morgan fingerprint density at radius 1 is 0.952 bits per heavy atom. The van der Waals surface area contributed by atoms with Crippen LogP contribution in [0.1, 0.15) is 125 Å². The van der Waals surface area contributed by atoms with Crippen molar-refractivity contribution in [1.29, 1.82) is 0 Å². The first kappa shape index (κ1) is 31.3. The number of carbonyl (C=O) groups is 1. The van der Waals surface area contributed by atoms with Crippen LogP contribution in [0.25, 0.3) is 6.08 Å². The summed E-state index contributed by atoms with van der Waals surface area (Å²) in [5.74, 6) is 2.48. The monoisotopic (exact) mass is 570 g/mol. The van der Waals surface area contributed by atoms with Gasteiger partial charge >= 0.3 is 5.97 Å². The van der Waals surface area contributed by atoms with E-state index >= 15 is 0 Å². The number of benzene rings is 1. The quantitative estimate of drug-likeness (QED) is 0.176. The van der Waals surface area contributed by atoms with Crippen molar-refractivity contribution in [2.75, 3.05) is 0 Å². The SMILES string of the molecule is C=C(CCC(C)C1CCC2(C)C3=C(CCC12C)C1(C)CCC(OC(=O)C=Cc2ccccc2)C(C)(C)C1CC3)C(C)C. The summed E-state index contributed by atoms with van der Waals surface area (Å²) in [6, 6.07) is 10.0. The third kappa shape index (κ3) is 5.17. The molecule has 5 rings (SSSR count). The fourth-order valence-corrected chi connectivity index (χ4v) is 10.6. The molecule has 2 nitrogen and oxygen atoms in total. The average Bonchev–Trinajstić information content (AvgIpc) is 3.23. The average molecular weight is 571 g/mol. The van der Waals surface area contributed by atoms with Gasteiger partial charge in [-0.25, -0.2) is 4.79 Å². The maximum atomic E-state index is 12.9. The van der Waals surface area contributed by atoms with E-state index in [0.717, 1.165) is 30.2 Å². The van der Waals surface area contributed by atoms with Crippen molar-refractivity contribution in [3.8, 4) is 0 Å². The standard InChI is InChI=1S/C40H58O2/c1-27(2)28(3)15-16-29(4)31-21-25-40(9)33-18-19-34-37(5,6)35(42-36(41)20-17-30-13-11-10-12-14-30)23-24-38(34,7)32(33)22-26-39(31,40)8/h10-14,17,20,27,29,31,34-35H,3,15-16,18-19,21-26H2,1-2,4-9H3. The van der Waals surface area contributed by atoms with Gasteiger partial charge in [-0.3, -0.25) is 0 Å². The number of hydrogen-bond acceptors (Lipinski definition) is 2. The molecule has 0 spiro atoms. The fourth-order valence-electron chi connectivity index (χ4n) is 10.6. The van der Waals surface area contributed by atoms with Gasteiger partial charge in [0.1, 0.15) is 6.10 Å². The van der Waals surface area contributed by atoms with Crippen molar-refractivity contribution in [2.45, 2.75) is 126 Å². The fraction of sp³-hybridized carbons (Fsp3) is 0.675. The molecule has 2 fully saturated rings. The van der Waals surface area contributed by atoms with Gasteiger partial charge in [-0.15, -0.1) is 0 Å². The molecule has 7 atom stereocenters. The van der Waals surface area contributed by atoms with E-state index in [2.05, 4.69) is 62.0 Å². The van der Waals surface area contributed by atoms with Crippen LogP contribution in [0.5, 0.6) is 0 Å². The van der Waals surface area contributed by atoms with E-state index in [1.807, 2.05) is 47.6 Å². The smallest absolute Gasteiger partial charge is 0.331 e. The molecule has 2 heteroatoms. The Morgan fingerprint density at radius 3 is 2.36 bits per heavy atom. The lowest BCUT2D eigenvalue weighted by molar-refractivity contribution is -0.164. The molecule has 1 aromatic rings. The summed E-state index contributed by atoms with van der Waals surface area (Å²) in [6.45, 7) is 24.2. The van der Waals surface area contributed by atoms with Gasteiger partial charge in [-0.2, -0.15) is 0 Å². The third-order valence-electron chi connectivity index (χ3n) is 13.6. The van der Waals surface area contributed by atoms with E-state index in [9.17, 15) is 4.79 Å². The minimum absolute atomic E-state index is 0.0348. The minimum atomic E-state index is -0.208. The van der Waals surface area contributed by atoms with Crippen LogP contribution in [0.3, 0.4) is 0 Å². The van der Waals surface area contributed by atoms with Crippen molar-refractivity contribution in [2.24, 2.45) is 45.3 Å². The lowest BCUT2D eigenvalue weighted by Gasteiger charge is -2.62. The first-order chi connectivity index (χ1) is 19.7. The van der Waals surface area contributed by atoms with E-state index in [4.69, 9.17) is 4.74 Å². The first-order valence-corrected chi connectivity index (χ1v) is 17.1. The van der Waals surface area contributed by atoms with Crippen molar-refractivity contribution in [1.82, 2.24) is 0 Å². The summed E-state index contributed by atoms with van der Waals surface area (Å²) in [6.07, 6.45) is 15.8. The van der Waals surface area contributed by atoms with Crippen LogP contribution in [0.2, 0.25) is 0 Å². The maximum absolute atomic E-state index is 12.9. The van der Waals surface area contributed by atoms with Gasteiger partial charge in [0.05, 0.1) is 0 Å². The molecule has 2 saturated carbocycles. The predicted octanol–water partition coefficient (Wildman–Crippen LogP) is 11.0. The van der Waals surface area contributed by atoms with E-state index < -0.39 is 0 Å². The zero-order valence-corrected chi connectivity index (χ0v) is 28.0. The highest BCUT2D eigenvalue weighted by atomic mass is 16.5. The molecule has 0 bridgehead atoms. The Kier molecular flexibility index (Phi) is 8.54. The summed E-state index contributed by atoms with van der Waals surface area (Å²) in [4.78, 5) is 12.9. The van der Waals surface area contributed by atoms with E-state index in [-0.39, 0.29) is 22.9 Å². The van der Waals surface area contributed by atoms with Crippen molar-refractivity contribution in [3.05, 3.63) is 65.3 Å². The van der Waals surface area contributed by atoms with Crippen LogP contribution < -0.4 is 0 Å². The van der Waals surface area contributed by atoms with Gasteiger partial charge in [0.2, 0.25) is 0 Å². The Hall–Kier alpha value is -2.09. The second kappa shape index (κ2) is 11.4. The minimum Gasteiger partial charge on any atom is -0.459 e. The number of fused-ring (bicyclic) bond motifs is 4. The molecular formula is C40H58O2. The number of carbonyl (C=O) groups excluding carboxylic acids is 1. The number of allylic oxidation sites excluding steroid dienone is 3. The molecule has 0 aliphatic heterocycles. The van der Waals surface area contributed by atoms with Crippen LogP contribution in [0.15, 0.2) is 59.7 Å². The summed E-state index contributed by atoms with van der Waals surface area (Å²) in [5, 5.41) is 0. The summed E-state index contributed by atoms with van der Waals surface area (Å²) >= 11 is 0. The van der Waals surface area contributed by atoms with E-state index in [1.165, 1.54) is 56.9 Å². The van der Waals surface area contributed by atoms with Crippen LogP contribution in [-0.2, 0) is 9.53 Å². The Labute approximate surface area is 257 Å². The van der Waals surface area contributed by atoms with Crippen LogP contribution >= 0.6 is 0 Å². The highest BCUT2D eigenvalue weighted by Crippen LogP contribution is 2.72. The molecule has 42 heavy (non-hydrogen) atoms. The lowest BCUT2D eigenvalue weighted by Crippen LogP contribution is -2.55. The second-order valence-corrected chi connectivity index (χ2v) is 16.2. The molecule has 0 saturated heterocycles. The number of ether oxygens (including phenoxy) is 1. The maximum Gasteiger partial charge on any atom is 0.331 e. The molecular weight excluding hydrogens is 512 g/mol. The van der Waals surface area contributed by atoms with Gasteiger partial charge < -0.3 is 4.74 Å². The van der Waals surface area contributed by atoms with Crippen LogP contribution in [-0.4, -0.2) is 12.1 Å². The molecule has 230 valence electrons. The summed E-state index contributed by atoms with van der Waals surface area (Å²) in [5.41, 5.74) is 6.97. The summed E-state index contributed by atoms with van der Waals surface area (Å²) < 4.78 is 6.21. The molecule has 0 radical (unpaired) electrons. The molecule has 0 amide bonds. The largest absolute Gasteiger partial charge is 0.459 e. The Bertz CT molecular complexity index is 1230. The molecule has 4 aliphatic carbocycles. The molecule has 1 aromatic carbocycles. The van der Waals surface area contributed by atoms with Crippen molar-refractivity contribution < 1.29 is 9.53 Å². The number of hydrogen-bond donors (Lipinski definition) is 0. The lowest BCUT2D eigenvalue weighted by atomic mass is 9.43. The molecule has 0 N–H and O–H groups in total. The number of rotatable bonds is 8. The molecule has 7 unspecified atom stereocenters. The Balaban J connectivity index is 1.33. The van der Waals surface area contributed by atoms with Gasteiger partial charge in [0.25, 0.3) is 0 Å². The van der Waals surface area contributed by atoms with E-state index in [1.54, 1.807) is 6.08 Å². The van der Waals surface area contributed by atoms with Gasteiger partial charge in [0.15, 0.2) is 0 Å². The van der Waals surface area contributed by atoms with Gasteiger partial charge in [-0.05, 0) is 116 Å². The Morgan fingerprint density at radius 2 is 1.67 bits per heavy atom. The molecule has 4 aliphatic rings. The highest BCUT2D eigenvalue weighted by Gasteiger charge is 2.63. The molecule has 0 heterocycles. The van der Waals surface area contributed by atoms with E-state index in [0.29, 0.717) is 22.7 Å². The summed E-state index contributed by atoms with van der Waals surface area (Å²) in [7, 11) is 0. The van der Waals surface area contributed by atoms with Gasteiger partial charge in [-0.1, -0.05) is 109 Å². The topological polar surface area (TPSA) is 26.3 Å². The van der Waals surface area contributed by atoms with Crippen molar-refractivity contribution in [3.63, 3.8) is 0 Å². The highest BCUT2D eigenvalue weighted by molar-refractivity contribution is 5.87. The van der Waals surface area contributed by atoms with Crippen LogP contribution in [0.4, 0.5) is 0 Å². The molecule has 0 aromatic heterocycles. The number of esters is 1. The third-order valence-corrected chi connectivity index (χ3v) is 13.6.